The number of ether oxygens (including phenoxy) is 2. The second-order valence-corrected chi connectivity index (χ2v) is 14.4. The van der Waals surface area contributed by atoms with Crippen molar-refractivity contribution in [2.45, 2.75) is 54.6 Å². The van der Waals surface area contributed by atoms with Crippen LogP contribution in [0.5, 0.6) is 11.5 Å². The van der Waals surface area contributed by atoms with Crippen molar-refractivity contribution >= 4 is 33.1 Å². The van der Waals surface area contributed by atoms with E-state index in [0.717, 1.165) is 28.6 Å². The van der Waals surface area contributed by atoms with Crippen molar-refractivity contribution in [2.75, 3.05) is 37.9 Å². The highest BCUT2D eigenvalue weighted by atomic mass is 35.5. The first-order chi connectivity index (χ1) is 23.6. The lowest BCUT2D eigenvalue weighted by Crippen LogP contribution is -2.52. The highest BCUT2D eigenvalue weighted by Crippen LogP contribution is 2.42. The first-order valence-electron chi connectivity index (χ1n) is 15.4. The summed E-state index contributed by atoms with van der Waals surface area (Å²) in [7, 11) is 1.79. The minimum absolute atomic E-state index is 0.0279. The fourth-order valence-electron chi connectivity index (χ4n) is 6.15. The Morgan fingerprint density at radius 1 is 1.08 bits per heavy atom. The molecule has 5 rings (SSSR count). The molecule has 0 aliphatic heterocycles. The number of halogens is 5. The number of hydrogen-bond donors (Lipinski definition) is 2. The Kier molecular flexibility index (Phi) is 10.8. The van der Waals surface area contributed by atoms with Crippen LogP contribution in [0.4, 0.5) is 29.1 Å². The molecule has 0 bridgehead atoms. The van der Waals surface area contributed by atoms with E-state index in [4.69, 9.17) is 21.1 Å². The summed E-state index contributed by atoms with van der Waals surface area (Å²) >= 11 is 6.62. The number of methoxy groups -OCH3 is 2. The number of anilines is 2. The Morgan fingerprint density at radius 2 is 1.84 bits per heavy atom. The van der Waals surface area contributed by atoms with Gasteiger partial charge in [-0.05, 0) is 75.3 Å². The Hall–Kier alpha value is -4.18. The molecule has 1 aromatic heterocycles. The first kappa shape index (κ1) is 37.1. The van der Waals surface area contributed by atoms with Gasteiger partial charge in [0.15, 0.2) is 0 Å². The molecule has 3 atom stereocenters. The molecule has 0 spiro atoms. The van der Waals surface area contributed by atoms with Crippen LogP contribution < -0.4 is 19.1 Å². The van der Waals surface area contributed by atoms with Gasteiger partial charge in [-0.15, -0.1) is 0 Å². The van der Waals surface area contributed by atoms with E-state index in [1.807, 2.05) is 4.90 Å². The van der Waals surface area contributed by atoms with Crippen LogP contribution in [0.3, 0.4) is 0 Å². The number of sulfonamides is 1. The van der Waals surface area contributed by atoms with Crippen LogP contribution in [-0.2, 0) is 28.3 Å². The maximum absolute atomic E-state index is 16.0. The normalized spacial score (nSPS) is 19.7. The Balaban J connectivity index is 1.44. The number of rotatable bonds is 11. The van der Waals surface area contributed by atoms with Crippen LogP contribution in [0, 0.1) is 5.82 Å². The Morgan fingerprint density at radius 3 is 2.48 bits per heavy atom. The summed E-state index contributed by atoms with van der Waals surface area (Å²) in [6, 6.07) is 12.0. The summed E-state index contributed by atoms with van der Waals surface area (Å²) in [6.45, 7) is -0.287. The third-order valence-electron chi connectivity index (χ3n) is 8.83. The number of hydrogen-bond acceptors (Lipinski definition) is 9. The predicted octanol–water partition coefficient (Wildman–Crippen LogP) is 6.48. The Bertz CT molecular complexity index is 1940. The number of aliphatic hydroxyl groups is 1. The average Bonchev–Trinajstić information content (AvgIpc) is 3.09. The van der Waals surface area contributed by atoms with Gasteiger partial charge in [0.25, 0.3) is 10.0 Å². The van der Waals surface area contributed by atoms with Crippen molar-refractivity contribution in [1.82, 2.24) is 14.9 Å². The number of benzene rings is 3. The van der Waals surface area contributed by atoms with Crippen molar-refractivity contribution in [3.05, 3.63) is 101 Å². The zero-order valence-electron chi connectivity index (χ0n) is 27.6. The summed E-state index contributed by atoms with van der Waals surface area (Å²) in [4.78, 5) is 9.07. The molecule has 1 fully saturated rings. The quantitative estimate of drug-likeness (QED) is 0.167. The van der Waals surface area contributed by atoms with E-state index in [-0.39, 0.29) is 47.9 Å². The highest BCUT2D eigenvalue weighted by molar-refractivity contribution is 7.92. The summed E-state index contributed by atoms with van der Waals surface area (Å²) in [5, 5.41) is 14.7. The molecule has 16 heteroatoms. The van der Waals surface area contributed by atoms with Crippen LogP contribution >= 0.6 is 11.6 Å². The van der Waals surface area contributed by atoms with Crippen molar-refractivity contribution in [1.29, 1.82) is 0 Å². The zero-order chi connectivity index (χ0) is 36.4. The topological polar surface area (TPSA) is 117 Å². The van der Waals surface area contributed by atoms with E-state index in [9.17, 15) is 26.7 Å². The number of alkyl halides is 3. The van der Waals surface area contributed by atoms with Gasteiger partial charge in [0.2, 0.25) is 0 Å². The molecule has 4 aromatic rings. The molecule has 10 nitrogen and oxygen atoms in total. The molecule has 0 unspecified atom stereocenters. The minimum atomic E-state index is -4.63. The molecule has 268 valence electrons. The number of aromatic nitrogens is 2. The fraction of sp³-hybridized carbons (Fsp3) is 0.353. The molecule has 0 amide bonds. The van der Waals surface area contributed by atoms with Gasteiger partial charge in [-0.1, -0.05) is 23.7 Å². The molecule has 2 N–H and O–H groups in total. The molecule has 1 aliphatic rings. The second-order valence-electron chi connectivity index (χ2n) is 12.2. The average molecular weight is 738 g/mol. The maximum atomic E-state index is 16.0. The Labute approximate surface area is 292 Å². The first-order valence-corrected chi connectivity index (χ1v) is 17.2. The van der Waals surface area contributed by atoms with Gasteiger partial charge in [-0.25, -0.2) is 27.1 Å². The van der Waals surface area contributed by atoms with Crippen molar-refractivity contribution in [2.24, 2.45) is 0 Å². The predicted molar refractivity (Wildman–Crippen MR) is 180 cm³/mol. The molecule has 0 radical (unpaired) electrons. The summed E-state index contributed by atoms with van der Waals surface area (Å²) in [5.41, 5.74) is -1.72. The van der Waals surface area contributed by atoms with E-state index in [2.05, 4.69) is 15.3 Å². The number of likely N-dealkylation sites (N-methyl/N-ethyl adjacent to an activating group) is 1. The van der Waals surface area contributed by atoms with Crippen LogP contribution in [0.25, 0.3) is 0 Å². The lowest BCUT2D eigenvalue weighted by atomic mass is 9.74. The van der Waals surface area contributed by atoms with E-state index in [1.54, 1.807) is 32.3 Å². The second kappa shape index (κ2) is 14.6. The number of nitrogens with one attached hydrogen (secondary N) is 1. The van der Waals surface area contributed by atoms with Gasteiger partial charge >= 0.3 is 6.18 Å². The molecule has 0 saturated heterocycles. The molecule has 1 heterocycles. The van der Waals surface area contributed by atoms with Crippen LogP contribution in [0.1, 0.15) is 36.0 Å². The van der Waals surface area contributed by atoms with Gasteiger partial charge < -0.3 is 24.8 Å². The smallest absolute Gasteiger partial charge is 0.416 e. The van der Waals surface area contributed by atoms with Gasteiger partial charge in [0, 0.05) is 36.0 Å². The summed E-state index contributed by atoms with van der Waals surface area (Å²) in [5.74, 6) is -0.299. The zero-order valence-corrected chi connectivity index (χ0v) is 29.2. The van der Waals surface area contributed by atoms with Crippen LogP contribution in [0.15, 0.2) is 78.1 Å². The van der Waals surface area contributed by atoms with E-state index < -0.39 is 50.2 Å². The van der Waals surface area contributed by atoms with E-state index in [1.165, 1.54) is 44.9 Å². The van der Waals surface area contributed by atoms with E-state index in [0.29, 0.717) is 17.1 Å². The van der Waals surface area contributed by atoms with Gasteiger partial charge in [0.1, 0.15) is 34.4 Å². The maximum Gasteiger partial charge on any atom is 0.416 e. The monoisotopic (exact) mass is 737 g/mol. The number of nitrogens with zero attached hydrogens (tertiary/aromatic N) is 4. The lowest BCUT2D eigenvalue weighted by Gasteiger charge is -2.45. The summed E-state index contributed by atoms with van der Waals surface area (Å²) < 4.78 is 96.1. The van der Waals surface area contributed by atoms with Gasteiger partial charge in [0.05, 0.1) is 42.6 Å². The molecule has 1 aliphatic carbocycles. The highest BCUT2D eigenvalue weighted by Gasteiger charge is 2.43. The van der Waals surface area contributed by atoms with Crippen molar-refractivity contribution in [3.63, 3.8) is 0 Å². The van der Waals surface area contributed by atoms with Gasteiger partial charge in [-0.3, -0.25) is 0 Å². The van der Waals surface area contributed by atoms with Crippen molar-refractivity contribution < 1.29 is 40.6 Å². The third-order valence-corrected chi connectivity index (χ3v) is 10.9. The third kappa shape index (κ3) is 7.75. The standard InChI is InChI=1S/C34H36ClF4N5O5S/c1-43(2)29-18-33(45,22-6-5-7-23(14-22)34(37,38)39)12-10-27(29)42-28-17-26(36)31(16-25(28)35)50(46,47)44(32-11-13-40-20-41-32)19-21-8-9-24(48-3)15-30(21)49-4/h5-9,11,13-17,20,27,29,42,45H,10,12,18-19H2,1-4H3/t27-,29-,33+/m0/s1. The van der Waals surface area contributed by atoms with Crippen LogP contribution in [0.2, 0.25) is 5.02 Å². The fourth-order valence-corrected chi connectivity index (χ4v) is 7.90. The van der Waals surface area contributed by atoms with E-state index >= 15 is 4.39 Å². The molecule has 1 saturated carbocycles. The molecule has 50 heavy (non-hydrogen) atoms. The molecular weight excluding hydrogens is 702 g/mol. The minimum Gasteiger partial charge on any atom is -0.497 e. The SMILES string of the molecule is COc1ccc(CN(c2ccncn2)S(=O)(=O)c2cc(Cl)c(N[C@H]3CC[C@](O)(c4cccc(C(F)(F)F)c4)C[C@@H]3N(C)C)cc2F)c(OC)c1. The summed E-state index contributed by atoms with van der Waals surface area (Å²) in [6.07, 6.45) is -1.61. The van der Waals surface area contributed by atoms with Crippen molar-refractivity contribution in [3.8, 4) is 11.5 Å². The molecular formula is C34H36ClF4N5O5S. The largest absolute Gasteiger partial charge is 0.497 e. The molecule has 3 aromatic carbocycles. The van der Waals surface area contributed by atoms with Gasteiger partial charge in [-0.2, -0.15) is 13.2 Å². The lowest BCUT2D eigenvalue weighted by molar-refractivity contribution is -0.137. The van der Waals surface area contributed by atoms with Crippen LogP contribution in [-0.4, -0.2) is 68.8 Å².